The smallest absolute Gasteiger partial charge is 0.263 e. The Bertz CT molecular complexity index is 635. The lowest BCUT2D eigenvalue weighted by molar-refractivity contribution is -0.121. The van der Waals surface area contributed by atoms with Crippen LogP contribution in [0.2, 0.25) is 0 Å². The summed E-state index contributed by atoms with van der Waals surface area (Å²) in [5.41, 5.74) is 0.253. The average molecular weight is 313 g/mol. The number of carbonyl (C=O) groups excluding carboxylic acids is 1. The number of carbonyl (C=O) groups is 1. The van der Waals surface area contributed by atoms with Gasteiger partial charge in [-0.25, -0.2) is 4.39 Å². The van der Waals surface area contributed by atoms with Gasteiger partial charge in [-0.2, -0.15) is 5.26 Å². The van der Waals surface area contributed by atoms with Crippen LogP contribution < -0.4 is 4.90 Å². The van der Waals surface area contributed by atoms with E-state index in [1.165, 1.54) is 17.0 Å². The molecule has 6 heteroatoms. The first-order valence-corrected chi connectivity index (χ1v) is 7.02. The van der Waals surface area contributed by atoms with Gasteiger partial charge in [0.2, 0.25) is 0 Å². The molecular formula is C14H11Cl2FN2O. The predicted octanol–water partition coefficient (Wildman–Crippen LogP) is 3.39. The Morgan fingerprint density at radius 3 is 2.60 bits per heavy atom. The maximum atomic E-state index is 14.1. The summed E-state index contributed by atoms with van der Waals surface area (Å²) in [6.07, 6.45) is 2.29. The number of nitrogens with zero attached hydrogens (tertiary/aromatic N) is 2. The molecule has 1 saturated heterocycles. The zero-order valence-corrected chi connectivity index (χ0v) is 12.0. The number of rotatable bonds is 1. The van der Waals surface area contributed by atoms with Gasteiger partial charge in [0.1, 0.15) is 5.82 Å². The monoisotopic (exact) mass is 312 g/mol. The van der Waals surface area contributed by atoms with E-state index in [2.05, 4.69) is 0 Å². The van der Waals surface area contributed by atoms with Gasteiger partial charge in [-0.1, -0.05) is 23.2 Å². The molecule has 1 aromatic carbocycles. The summed E-state index contributed by atoms with van der Waals surface area (Å²) in [7, 11) is 0. The van der Waals surface area contributed by atoms with Gasteiger partial charge in [0.05, 0.1) is 17.3 Å². The highest BCUT2D eigenvalue weighted by molar-refractivity contribution is 6.59. The maximum absolute atomic E-state index is 14.1. The van der Waals surface area contributed by atoms with E-state index in [0.717, 1.165) is 18.9 Å². The van der Waals surface area contributed by atoms with Gasteiger partial charge in [-0.15, -0.1) is 0 Å². The minimum atomic E-state index is -1.50. The summed E-state index contributed by atoms with van der Waals surface area (Å²) >= 11 is 12.2. The largest absolute Gasteiger partial charge is 0.306 e. The van der Waals surface area contributed by atoms with Crippen LogP contribution in [0.15, 0.2) is 18.2 Å². The predicted molar refractivity (Wildman–Crippen MR) is 74.2 cm³/mol. The van der Waals surface area contributed by atoms with Crippen molar-refractivity contribution in [2.75, 3.05) is 11.4 Å². The first kappa shape index (κ1) is 13.7. The van der Waals surface area contributed by atoms with Gasteiger partial charge in [-0.05, 0) is 42.9 Å². The fourth-order valence-electron chi connectivity index (χ4n) is 2.71. The summed E-state index contributed by atoms with van der Waals surface area (Å²) in [5, 5.41) is 8.75. The zero-order valence-electron chi connectivity index (χ0n) is 10.5. The molecule has 2 fully saturated rings. The maximum Gasteiger partial charge on any atom is 0.263 e. The summed E-state index contributed by atoms with van der Waals surface area (Å²) in [4.78, 5) is 13.6. The molecule has 104 valence electrons. The number of hydrogen-bond acceptors (Lipinski definition) is 2. The number of nitriles is 1. The Labute approximate surface area is 125 Å². The van der Waals surface area contributed by atoms with Gasteiger partial charge >= 0.3 is 0 Å². The van der Waals surface area contributed by atoms with E-state index in [9.17, 15) is 9.18 Å². The van der Waals surface area contributed by atoms with Crippen molar-refractivity contribution < 1.29 is 9.18 Å². The highest BCUT2D eigenvalue weighted by Gasteiger charge is 2.57. The Balaban J connectivity index is 2.00. The third-order valence-electron chi connectivity index (χ3n) is 3.97. The molecule has 0 N–H and O–H groups in total. The molecule has 1 aliphatic carbocycles. The number of piperidine rings is 1. The molecule has 3 rings (SSSR count). The van der Waals surface area contributed by atoms with E-state index in [1.807, 2.05) is 6.07 Å². The number of anilines is 1. The van der Waals surface area contributed by atoms with Crippen molar-refractivity contribution in [1.29, 1.82) is 5.26 Å². The molecule has 0 atom stereocenters. The minimum Gasteiger partial charge on any atom is -0.306 e. The van der Waals surface area contributed by atoms with Crippen LogP contribution in [0.1, 0.15) is 24.8 Å². The van der Waals surface area contributed by atoms with Crippen molar-refractivity contribution in [1.82, 2.24) is 0 Å². The summed E-state index contributed by atoms with van der Waals surface area (Å²) in [5.74, 6) is -1.11. The normalized spacial score (nSPS) is 22.7. The van der Waals surface area contributed by atoms with Gasteiger partial charge < -0.3 is 4.90 Å². The molecule has 1 spiro atoms. The van der Waals surface area contributed by atoms with Crippen molar-refractivity contribution in [3.05, 3.63) is 29.6 Å². The molecule has 0 aromatic heterocycles. The number of alkyl halides is 2. The Hall–Kier alpha value is -1.31. The quantitative estimate of drug-likeness (QED) is 0.746. The lowest BCUT2D eigenvalue weighted by atomic mass is 9.93. The molecule has 3 nitrogen and oxygen atoms in total. The lowest BCUT2D eigenvalue weighted by Gasteiger charge is -2.39. The fourth-order valence-corrected chi connectivity index (χ4v) is 3.48. The first-order valence-electron chi connectivity index (χ1n) is 6.26. The summed E-state index contributed by atoms with van der Waals surface area (Å²) < 4.78 is 12.6. The molecular weight excluding hydrogens is 302 g/mol. The Morgan fingerprint density at radius 2 is 2.05 bits per heavy atom. The van der Waals surface area contributed by atoms with E-state index >= 15 is 0 Å². The first-order chi connectivity index (χ1) is 9.37. The topological polar surface area (TPSA) is 44.1 Å². The molecule has 0 bridgehead atoms. The van der Waals surface area contributed by atoms with Crippen LogP contribution in [-0.4, -0.2) is 16.8 Å². The molecule has 20 heavy (non-hydrogen) atoms. The Kier molecular flexibility index (Phi) is 2.97. The molecule has 1 heterocycles. The van der Waals surface area contributed by atoms with Crippen molar-refractivity contribution in [2.45, 2.75) is 23.6 Å². The third-order valence-corrected chi connectivity index (χ3v) is 4.56. The van der Waals surface area contributed by atoms with Crippen molar-refractivity contribution in [3.63, 3.8) is 0 Å². The van der Waals surface area contributed by atoms with Crippen LogP contribution in [0.4, 0.5) is 10.1 Å². The van der Waals surface area contributed by atoms with Crippen LogP contribution in [0.3, 0.4) is 0 Å². The summed E-state index contributed by atoms with van der Waals surface area (Å²) in [6.45, 7) is 0.426. The number of halogens is 3. The molecule has 1 amide bonds. The van der Waals surface area contributed by atoms with Gasteiger partial charge in [0, 0.05) is 6.54 Å². The van der Waals surface area contributed by atoms with E-state index < -0.39 is 16.1 Å². The van der Waals surface area contributed by atoms with Crippen LogP contribution in [-0.2, 0) is 4.79 Å². The van der Waals surface area contributed by atoms with Crippen LogP contribution >= 0.6 is 23.2 Å². The van der Waals surface area contributed by atoms with Crippen LogP contribution in [0, 0.1) is 22.6 Å². The third kappa shape index (κ3) is 2.15. The van der Waals surface area contributed by atoms with Crippen LogP contribution in [0.25, 0.3) is 0 Å². The second kappa shape index (κ2) is 4.34. The number of hydrogen-bond donors (Lipinski definition) is 0. The SMILES string of the molecule is N#Cc1ccc(N2CC3(CC3)CC(Cl)(Cl)C2=O)c(F)c1. The molecule has 0 radical (unpaired) electrons. The van der Waals surface area contributed by atoms with Crippen molar-refractivity contribution >= 4 is 34.8 Å². The van der Waals surface area contributed by atoms with Gasteiger partial charge in [-0.3, -0.25) is 4.79 Å². The lowest BCUT2D eigenvalue weighted by Crippen LogP contribution is -2.52. The molecule has 2 aliphatic rings. The van der Waals surface area contributed by atoms with Gasteiger partial charge in [0.15, 0.2) is 4.33 Å². The average Bonchev–Trinajstić information content (AvgIpc) is 3.13. The highest BCUT2D eigenvalue weighted by Crippen LogP contribution is 2.57. The van der Waals surface area contributed by atoms with Crippen molar-refractivity contribution in [2.24, 2.45) is 5.41 Å². The van der Waals surface area contributed by atoms with E-state index in [0.29, 0.717) is 13.0 Å². The van der Waals surface area contributed by atoms with E-state index in [1.54, 1.807) is 0 Å². The molecule has 1 aromatic rings. The van der Waals surface area contributed by atoms with Crippen molar-refractivity contribution in [3.8, 4) is 6.07 Å². The standard InChI is InChI=1S/C14H11Cl2FN2O/c15-14(16)7-13(3-4-13)8-19(12(14)20)11-2-1-9(6-18)5-10(11)17/h1-2,5H,3-4,7-8H2. The molecule has 1 saturated carbocycles. The highest BCUT2D eigenvalue weighted by atomic mass is 35.5. The molecule has 0 unspecified atom stereocenters. The van der Waals surface area contributed by atoms with E-state index in [-0.39, 0.29) is 16.7 Å². The van der Waals surface area contributed by atoms with Gasteiger partial charge in [0.25, 0.3) is 5.91 Å². The molecule has 1 aliphatic heterocycles. The van der Waals surface area contributed by atoms with Crippen LogP contribution in [0.5, 0.6) is 0 Å². The van der Waals surface area contributed by atoms with E-state index in [4.69, 9.17) is 28.5 Å². The second-order valence-electron chi connectivity index (χ2n) is 5.55. The number of benzene rings is 1. The summed E-state index contributed by atoms with van der Waals surface area (Å²) in [6, 6.07) is 5.87. The number of amides is 1. The zero-order chi connectivity index (χ0) is 14.5. The Morgan fingerprint density at radius 1 is 1.35 bits per heavy atom. The fraction of sp³-hybridized carbons (Fsp3) is 0.429. The second-order valence-corrected chi connectivity index (χ2v) is 7.03. The minimum absolute atomic E-state index is 0.0856.